The molecular weight excluding hydrogens is 475 g/mol. The number of halogens is 1. The molecule has 0 saturated carbocycles. The van der Waals surface area contributed by atoms with Gasteiger partial charge in [0.05, 0.1) is 16.9 Å². The standard InChI is InChI=1S/C24H19FN4O3S2/c1-13-17-10-20(34-23(17)29(28-13)15-8-6-14(25)7-9-15)24(31)32-12-21(30)27-22-18(11-26)16-4-2-3-5-19(16)33-22/h6-10H,2-5,12H2,1H3,(H,27,30). The average Bonchev–Trinajstić information content (AvgIpc) is 3.50. The highest BCUT2D eigenvalue weighted by Gasteiger charge is 2.23. The second kappa shape index (κ2) is 9.00. The van der Waals surface area contributed by atoms with E-state index in [0.717, 1.165) is 52.0 Å². The summed E-state index contributed by atoms with van der Waals surface area (Å²) in [5.74, 6) is -1.45. The molecule has 172 valence electrons. The van der Waals surface area contributed by atoms with Gasteiger partial charge in [0.15, 0.2) is 6.61 Å². The topological polar surface area (TPSA) is 97.0 Å². The molecule has 1 aliphatic rings. The fourth-order valence-electron chi connectivity index (χ4n) is 4.04. The van der Waals surface area contributed by atoms with Crippen LogP contribution in [0.2, 0.25) is 0 Å². The molecule has 3 heterocycles. The van der Waals surface area contributed by atoms with Crippen molar-refractivity contribution in [1.29, 1.82) is 5.26 Å². The van der Waals surface area contributed by atoms with Gasteiger partial charge in [0.1, 0.15) is 26.6 Å². The number of aromatic nitrogens is 2. The summed E-state index contributed by atoms with van der Waals surface area (Å²) in [7, 11) is 0. The number of hydrogen-bond acceptors (Lipinski definition) is 7. The van der Waals surface area contributed by atoms with Gasteiger partial charge in [-0.25, -0.2) is 13.9 Å². The van der Waals surface area contributed by atoms with Crippen LogP contribution in [0.5, 0.6) is 0 Å². The van der Waals surface area contributed by atoms with Crippen LogP contribution in [-0.4, -0.2) is 28.3 Å². The molecule has 4 aromatic rings. The number of nitrogens with zero attached hydrogens (tertiary/aromatic N) is 3. The number of anilines is 1. The van der Waals surface area contributed by atoms with Crippen LogP contribution in [0.3, 0.4) is 0 Å². The Balaban J connectivity index is 1.29. The van der Waals surface area contributed by atoms with Gasteiger partial charge in [-0.15, -0.1) is 22.7 Å². The zero-order valence-electron chi connectivity index (χ0n) is 18.2. The van der Waals surface area contributed by atoms with Crippen molar-refractivity contribution in [2.24, 2.45) is 0 Å². The van der Waals surface area contributed by atoms with E-state index >= 15 is 0 Å². The molecular formula is C24H19FN4O3S2. The van der Waals surface area contributed by atoms with Crippen LogP contribution in [0.15, 0.2) is 30.3 Å². The van der Waals surface area contributed by atoms with Gasteiger partial charge in [-0.2, -0.15) is 10.4 Å². The molecule has 0 unspecified atom stereocenters. The van der Waals surface area contributed by atoms with E-state index in [4.69, 9.17) is 4.74 Å². The highest BCUT2D eigenvalue weighted by atomic mass is 32.1. The summed E-state index contributed by atoms with van der Waals surface area (Å²) in [5, 5.41) is 18.0. The van der Waals surface area contributed by atoms with E-state index in [-0.39, 0.29) is 5.82 Å². The lowest BCUT2D eigenvalue weighted by Crippen LogP contribution is -2.20. The normalized spacial score (nSPS) is 12.9. The first-order valence-electron chi connectivity index (χ1n) is 10.7. The van der Waals surface area contributed by atoms with Gasteiger partial charge >= 0.3 is 5.97 Å². The first-order chi connectivity index (χ1) is 16.4. The van der Waals surface area contributed by atoms with Crippen molar-refractivity contribution in [3.8, 4) is 11.8 Å². The second-order valence-corrected chi connectivity index (χ2v) is 10.1. The SMILES string of the molecule is Cc1nn(-c2ccc(F)cc2)c2sc(C(=O)OCC(=O)Nc3sc4c(c3C#N)CCCC4)cc12. The molecule has 10 heteroatoms. The van der Waals surface area contributed by atoms with Crippen LogP contribution < -0.4 is 5.32 Å². The third-order valence-electron chi connectivity index (χ3n) is 5.69. The molecule has 0 radical (unpaired) electrons. The van der Waals surface area contributed by atoms with E-state index in [1.165, 1.54) is 34.8 Å². The number of carbonyl (C=O) groups excluding carboxylic acids is 2. The van der Waals surface area contributed by atoms with Crippen molar-refractivity contribution in [3.63, 3.8) is 0 Å². The molecule has 1 aromatic carbocycles. The molecule has 0 saturated heterocycles. The van der Waals surface area contributed by atoms with E-state index < -0.39 is 18.5 Å². The van der Waals surface area contributed by atoms with Crippen LogP contribution in [0, 0.1) is 24.1 Å². The van der Waals surface area contributed by atoms with Gasteiger partial charge in [-0.05, 0) is 68.5 Å². The van der Waals surface area contributed by atoms with E-state index in [1.54, 1.807) is 22.9 Å². The number of rotatable bonds is 5. The molecule has 34 heavy (non-hydrogen) atoms. The molecule has 1 N–H and O–H groups in total. The third-order valence-corrected chi connectivity index (χ3v) is 7.99. The maximum atomic E-state index is 13.3. The number of esters is 1. The van der Waals surface area contributed by atoms with Crippen molar-refractivity contribution in [2.45, 2.75) is 32.6 Å². The van der Waals surface area contributed by atoms with Crippen molar-refractivity contribution in [1.82, 2.24) is 9.78 Å². The fourth-order valence-corrected chi connectivity index (χ4v) is 6.37. The average molecular weight is 495 g/mol. The Bertz CT molecular complexity index is 1460. The highest BCUT2D eigenvalue weighted by Crippen LogP contribution is 2.37. The first kappa shape index (κ1) is 22.3. The summed E-state index contributed by atoms with van der Waals surface area (Å²) in [6.45, 7) is 1.37. The molecule has 1 amide bonds. The Labute approximate surface area is 202 Å². The third kappa shape index (κ3) is 4.08. The molecule has 0 fully saturated rings. The van der Waals surface area contributed by atoms with Crippen molar-refractivity contribution < 1.29 is 18.7 Å². The van der Waals surface area contributed by atoms with Crippen LogP contribution in [0.25, 0.3) is 15.9 Å². The largest absolute Gasteiger partial charge is 0.451 e. The minimum Gasteiger partial charge on any atom is -0.451 e. The summed E-state index contributed by atoms with van der Waals surface area (Å²) in [4.78, 5) is 27.3. The van der Waals surface area contributed by atoms with Gasteiger partial charge in [-0.1, -0.05) is 0 Å². The fraction of sp³-hybridized carbons (Fsp3) is 0.250. The summed E-state index contributed by atoms with van der Waals surface area (Å²) in [5.41, 5.74) is 2.94. The van der Waals surface area contributed by atoms with Gasteiger partial charge in [0.2, 0.25) is 0 Å². The molecule has 0 atom stereocenters. The maximum absolute atomic E-state index is 13.3. The minimum atomic E-state index is -0.618. The number of carbonyl (C=O) groups is 2. The van der Waals surface area contributed by atoms with Crippen LogP contribution in [-0.2, 0) is 22.4 Å². The number of nitrogens with one attached hydrogen (secondary N) is 1. The van der Waals surface area contributed by atoms with Crippen LogP contribution in [0.4, 0.5) is 9.39 Å². The molecule has 5 rings (SSSR count). The Morgan fingerprint density at radius 3 is 2.76 bits per heavy atom. The Hall–Kier alpha value is -3.55. The summed E-state index contributed by atoms with van der Waals surface area (Å²) in [6.07, 6.45) is 3.88. The summed E-state index contributed by atoms with van der Waals surface area (Å²) < 4.78 is 20.2. The van der Waals surface area contributed by atoms with Crippen molar-refractivity contribution in [2.75, 3.05) is 11.9 Å². The van der Waals surface area contributed by atoms with Crippen LogP contribution in [0.1, 0.15) is 44.2 Å². The number of fused-ring (bicyclic) bond motifs is 2. The highest BCUT2D eigenvalue weighted by molar-refractivity contribution is 7.20. The van der Waals surface area contributed by atoms with Crippen molar-refractivity contribution >= 4 is 49.8 Å². The molecule has 1 aliphatic carbocycles. The first-order valence-corrected chi connectivity index (χ1v) is 12.3. The van der Waals surface area contributed by atoms with Gasteiger partial charge in [0, 0.05) is 10.3 Å². The van der Waals surface area contributed by atoms with Crippen LogP contribution >= 0.6 is 22.7 Å². The molecule has 7 nitrogen and oxygen atoms in total. The number of benzene rings is 1. The zero-order valence-corrected chi connectivity index (χ0v) is 19.8. The number of ether oxygens (including phenoxy) is 1. The van der Waals surface area contributed by atoms with Crippen molar-refractivity contribution in [3.05, 3.63) is 62.7 Å². The number of aryl methyl sites for hydroxylation is 2. The Morgan fingerprint density at radius 2 is 2.00 bits per heavy atom. The maximum Gasteiger partial charge on any atom is 0.348 e. The molecule has 0 bridgehead atoms. The number of thiophene rings is 2. The smallest absolute Gasteiger partial charge is 0.348 e. The van der Waals surface area contributed by atoms with E-state index in [0.29, 0.717) is 21.1 Å². The molecule has 0 aliphatic heterocycles. The van der Waals surface area contributed by atoms with Gasteiger partial charge in [0.25, 0.3) is 5.91 Å². The summed E-state index contributed by atoms with van der Waals surface area (Å²) in [6, 6.07) is 9.81. The lowest BCUT2D eigenvalue weighted by molar-refractivity contribution is -0.119. The Kier molecular flexibility index (Phi) is 5.89. The molecule has 0 spiro atoms. The van der Waals surface area contributed by atoms with Gasteiger partial charge < -0.3 is 10.1 Å². The zero-order chi connectivity index (χ0) is 23.8. The predicted octanol–water partition coefficient (Wildman–Crippen LogP) is 5.14. The van der Waals surface area contributed by atoms with E-state index in [1.807, 2.05) is 6.92 Å². The number of nitriles is 1. The van der Waals surface area contributed by atoms with Gasteiger partial charge in [-0.3, -0.25) is 4.79 Å². The predicted molar refractivity (Wildman–Crippen MR) is 128 cm³/mol. The minimum absolute atomic E-state index is 0.337. The van der Waals surface area contributed by atoms with E-state index in [9.17, 15) is 19.2 Å². The lowest BCUT2D eigenvalue weighted by Gasteiger charge is -2.09. The second-order valence-electron chi connectivity index (χ2n) is 7.95. The number of amides is 1. The quantitative estimate of drug-likeness (QED) is 0.388. The molecule has 3 aromatic heterocycles. The monoisotopic (exact) mass is 494 g/mol. The summed E-state index contributed by atoms with van der Waals surface area (Å²) >= 11 is 2.62. The number of hydrogen-bond donors (Lipinski definition) is 1. The Morgan fingerprint density at radius 1 is 1.24 bits per heavy atom. The lowest BCUT2D eigenvalue weighted by atomic mass is 9.96. The van der Waals surface area contributed by atoms with E-state index in [2.05, 4.69) is 16.5 Å².